The van der Waals surface area contributed by atoms with Gasteiger partial charge in [-0.05, 0) is 24.1 Å². The predicted molar refractivity (Wildman–Crippen MR) is 79.1 cm³/mol. The van der Waals surface area contributed by atoms with Gasteiger partial charge in [-0.15, -0.1) is 0 Å². The highest BCUT2D eigenvalue weighted by atomic mass is 32.3. The van der Waals surface area contributed by atoms with Gasteiger partial charge in [-0.25, -0.2) is 0 Å². The first-order valence-corrected chi connectivity index (χ1v) is 7.87. The van der Waals surface area contributed by atoms with Crippen molar-refractivity contribution in [3.63, 3.8) is 0 Å². The standard InChI is InChI=1S/C13H22N2O4S/c1-17-20(18-2,19-3)10-4-7-15-13(16)11-12-5-8-14-9-6-12/h5-6,8-9H,4,7,10-11H2,1-3H3,(H,15,16). The minimum atomic E-state index is -1.93. The maximum atomic E-state index is 11.7. The molecule has 0 saturated heterocycles. The number of nitrogens with one attached hydrogen (secondary N) is 1. The Morgan fingerprint density at radius 2 is 1.80 bits per heavy atom. The zero-order valence-electron chi connectivity index (χ0n) is 12.1. The second-order valence-electron chi connectivity index (χ2n) is 4.00. The Balaban J connectivity index is 2.25. The quantitative estimate of drug-likeness (QED) is 0.702. The first kappa shape index (κ1) is 16.9. The molecule has 1 N–H and O–H groups in total. The summed E-state index contributed by atoms with van der Waals surface area (Å²) in [4.78, 5) is 15.6. The van der Waals surface area contributed by atoms with E-state index in [2.05, 4.69) is 10.3 Å². The number of aromatic nitrogens is 1. The maximum Gasteiger partial charge on any atom is 0.224 e. The molecule has 1 amide bonds. The third-order valence-corrected chi connectivity index (χ3v) is 5.08. The lowest BCUT2D eigenvalue weighted by Crippen LogP contribution is -2.27. The molecule has 114 valence electrons. The Kier molecular flexibility index (Phi) is 7.53. The summed E-state index contributed by atoms with van der Waals surface area (Å²) in [6.45, 7) is 0.564. The summed E-state index contributed by atoms with van der Waals surface area (Å²) in [5.74, 6) is 0.607. The maximum absolute atomic E-state index is 11.7. The minimum absolute atomic E-state index is 0.0101. The fourth-order valence-corrected chi connectivity index (χ4v) is 3.09. The number of carbonyl (C=O) groups is 1. The van der Waals surface area contributed by atoms with Crippen molar-refractivity contribution in [2.75, 3.05) is 33.6 Å². The fraction of sp³-hybridized carbons (Fsp3) is 0.538. The number of rotatable bonds is 9. The smallest absolute Gasteiger partial charge is 0.224 e. The molecule has 1 aromatic heterocycles. The van der Waals surface area contributed by atoms with Gasteiger partial charge >= 0.3 is 0 Å². The van der Waals surface area contributed by atoms with Crippen LogP contribution in [0.1, 0.15) is 12.0 Å². The van der Waals surface area contributed by atoms with Gasteiger partial charge < -0.3 is 5.32 Å². The van der Waals surface area contributed by atoms with Crippen LogP contribution in [0.15, 0.2) is 24.5 Å². The molecule has 1 rings (SSSR count). The average molecular weight is 302 g/mol. The molecule has 20 heavy (non-hydrogen) atoms. The average Bonchev–Trinajstić information content (AvgIpc) is 2.49. The molecule has 0 aromatic carbocycles. The second kappa shape index (κ2) is 8.91. The molecular weight excluding hydrogens is 280 g/mol. The molecule has 0 fully saturated rings. The zero-order valence-corrected chi connectivity index (χ0v) is 12.9. The van der Waals surface area contributed by atoms with E-state index in [0.29, 0.717) is 18.7 Å². The van der Waals surface area contributed by atoms with Crippen LogP contribution in [0.3, 0.4) is 0 Å². The molecule has 7 heteroatoms. The van der Waals surface area contributed by atoms with Gasteiger partial charge in [-0.2, -0.15) is 0 Å². The molecule has 0 spiro atoms. The van der Waals surface area contributed by atoms with E-state index in [4.69, 9.17) is 12.5 Å². The van der Waals surface area contributed by atoms with Crippen LogP contribution >= 0.6 is 10.9 Å². The van der Waals surface area contributed by atoms with Gasteiger partial charge in [0.2, 0.25) is 5.91 Å². The minimum Gasteiger partial charge on any atom is -0.356 e. The summed E-state index contributed by atoms with van der Waals surface area (Å²) >= 11 is 0. The van der Waals surface area contributed by atoms with E-state index >= 15 is 0 Å². The lowest BCUT2D eigenvalue weighted by molar-refractivity contribution is -0.120. The first-order chi connectivity index (χ1) is 9.65. The van der Waals surface area contributed by atoms with E-state index < -0.39 is 10.9 Å². The molecule has 6 nitrogen and oxygen atoms in total. The van der Waals surface area contributed by atoms with E-state index in [1.54, 1.807) is 33.7 Å². The van der Waals surface area contributed by atoms with Gasteiger partial charge in [0, 0.05) is 24.7 Å². The summed E-state index contributed by atoms with van der Waals surface area (Å²) in [5.41, 5.74) is 0.947. The van der Waals surface area contributed by atoms with Crippen molar-refractivity contribution in [2.24, 2.45) is 0 Å². The molecular formula is C13H22N2O4S. The molecule has 0 aliphatic heterocycles. The van der Waals surface area contributed by atoms with E-state index in [1.165, 1.54) is 0 Å². The van der Waals surface area contributed by atoms with Gasteiger partial charge in [0.25, 0.3) is 0 Å². The third kappa shape index (κ3) is 5.46. The van der Waals surface area contributed by atoms with Crippen LogP contribution in [0.25, 0.3) is 0 Å². The molecule has 1 aromatic rings. The zero-order chi connectivity index (χ0) is 14.8. The summed E-state index contributed by atoms with van der Waals surface area (Å²) < 4.78 is 15.8. The highest BCUT2D eigenvalue weighted by molar-refractivity contribution is 8.21. The lowest BCUT2D eigenvalue weighted by atomic mass is 10.2. The van der Waals surface area contributed by atoms with E-state index in [0.717, 1.165) is 12.0 Å². The molecule has 0 aliphatic carbocycles. The van der Waals surface area contributed by atoms with Gasteiger partial charge in [-0.1, -0.05) is 0 Å². The van der Waals surface area contributed by atoms with Crippen LogP contribution in [0.5, 0.6) is 0 Å². The molecule has 0 unspecified atom stereocenters. The number of hydrogen-bond donors (Lipinski definition) is 1. The topological polar surface area (TPSA) is 69.7 Å². The molecule has 1 heterocycles. The van der Waals surface area contributed by atoms with E-state index in [9.17, 15) is 4.79 Å². The number of amides is 1. The van der Waals surface area contributed by atoms with Crippen molar-refractivity contribution in [2.45, 2.75) is 12.8 Å². The van der Waals surface area contributed by atoms with Crippen molar-refractivity contribution < 1.29 is 17.3 Å². The van der Waals surface area contributed by atoms with Crippen molar-refractivity contribution in [1.82, 2.24) is 10.3 Å². The summed E-state index contributed by atoms with van der Waals surface area (Å²) in [7, 11) is 2.75. The Morgan fingerprint density at radius 1 is 1.20 bits per heavy atom. The van der Waals surface area contributed by atoms with Crippen LogP contribution < -0.4 is 5.32 Å². The Morgan fingerprint density at radius 3 is 2.35 bits per heavy atom. The highest BCUT2D eigenvalue weighted by Crippen LogP contribution is 2.49. The van der Waals surface area contributed by atoms with Crippen LogP contribution in [0, 0.1) is 0 Å². The van der Waals surface area contributed by atoms with Crippen molar-refractivity contribution in [3.8, 4) is 0 Å². The SMILES string of the molecule is COS(CCCNC(=O)Cc1ccncc1)(OC)OC. The van der Waals surface area contributed by atoms with Crippen molar-refractivity contribution in [3.05, 3.63) is 30.1 Å². The van der Waals surface area contributed by atoms with Crippen molar-refractivity contribution >= 4 is 16.8 Å². The Hall–Kier alpha value is -1.15. The fourth-order valence-electron chi connectivity index (χ4n) is 1.68. The second-order valence-corrected chi connectivity index (χ2v) is 6.52. The third-order valence-electron chi connectivity index (χ3n) is 2.77. The number of pyridine rings is 1. The van der Waals surface area contributed by atoms with Gasteiger partial charge in [0.1, 0.15) is 0 Å². The molecule has 0 atom stereocenters. The van der Waals surface area contributed by atoms with Gasteiger partial charge in [0.15, 0.2) is 0 Å². The molecule has 0 radical (unpaired) electrons. The summed E-state index contributed by atoms with van der Waals surface area (Å²) in [5, 5.41) is 2.86. The van der Waals surface area contributed by atoms with Gasteiger partial charge in [0.05, 0.1) is 38.6 Å². The highest BCUT2D eigenvalue weighted by Gasteiger charge is 2.22. The predicted octanol–water partition coefficient (Wildman–Crippen LogP) is 1.62. The van der Waals surface area contributed by atoms with Crippen LogP contribution in [-0.2, 0) is 23.8 Å². The van der Waals surface area contributed by atoms with E-state index in [-0.39, 0.29) is 5.91 Å². The summed E-state index contributed by atoms with van der Waals surface area (Å²) in [6, 6.07) is 3.66. The van der Waals surface area contributed by atoms with E-state index in [1.807, 2.05) is 12.1 Å². The molecule has 0 bridgehead atoms. The van der Waals surface area contributed by atoms with Crippen molar-refractivity contribution in [1.29, 1.82) is 0 Å². The normalized spacial score (nSPS) is 12.2. The van der Waals surface area contributed by atoms with Gasteiger partial charge in [-0.3, -0.25) is 22.3 Å². The van der Waals surface area contributed by atoms with Crippen LogP contribution in [-0.4, -0.2) is 44.5 Å². The van der Waals surface area contributed by atoms with Crippen LogP contribution in [0.4, 0.5) is 0 Å². The molecule has 0 saturated carbocycles. The number of nitrogens with zero attached hydrogens (tertiary/aromatic N) is 1. The monoisotopic (exact) mass is 302 g/mol. The Labute approximate surface area is 121 Å². The van der Waals surface area contributed by atoms with Crippen LogP contribution in [0.2, 0.25) is 0 Å². The lowest BCUT2D eigenvalue weighted by Gasteiger charge is -2.33. The molecule has 0 aliphatic rings. The summed E-state index contributed by atoms with van der Waals surface area (Å²) in [6.07, 6.45) is 4.44. The number of carbonyl (C=O) groups excluding carboxylic acids is 1. The Bertz CT molecular complexity index is 390. The first-order valence-electron chi connectivity index (χ1n) is 6.29. The number of hydrogen-bond acceptors (Lipinski definition) is 5. The largest absolute Gasteiger partial charge is 0.356 e.